The summed E-state index contributed by atoms with van der Waals surface area (Å²) >= 11 is 0. The minimum absolute atomic E-state index is 0.166. The highest BCUT2D eigenvalue weighted by Gasteiger charge is 2.21. The lowest BCUT2D eigenvalue weighted by atomic mass is 9.93. The summed E-state index contributed by atoms with van der Waals surface area (Å²) in [5, 5.41) is 0. The van der Waals surface area contributed by atoms with Crippen LogP contribution in [0, 0.1) is 11.7 Å². The topological polar surface area (TPSA) is 51.2 Å². The number of benzene rings is 1. The second-order valence-corrected chi connectivity index (χ2v) is 7.26. The number of carbonyl (C=O) groups is 1. The number of hydrogen-bond acceptors (Lipinski definition) is 5. The molecule has 6 nitrogen and oxygen atoms in total. The highest BCUT2D eigenvalue weighted by Crippen LogP contribution is 2.29. The molecule has 0 aromatic heterocycles. The Bertz CT molecular complexity index is 620. The van der Waals surface area contributed by atoms with Gasteiger partial charge in [0.25, 0.3) is 0 Å². The number of fused-ring (bicyclic) bond motifs is 1. The molecule has 4 rings (SSSR count). The van der Waals surface area contributed by atoms with Crippen LogP contribution in [0.5, 0.6) is 11.5 Å². The van der Waals surface area contributed by atoms with Gasteiger partial charge in [-0.05, 0) is 57.5 Å². The molecule has 27 heavy (non-hydrogen) atoms. The molecule has 0 N–H and O–H groups in total. The van der Waals surface area contributed by atoms with Crippen molar-refractivity contribution in [3.8, 4) is 11.5 Å². The van der Waals surface area contributed by atoms with Gasteiger partial charge in [0.05, 0.1) is 6.61 Å². The number of carbonyl (C=O) groups excluding carboxylic acids is 1. The Hall–Kier alpha value is -1.86. The van der Waals surface area contributed by atoms with Gasteiger partial charge in [0, 0.05) is 19.2 Å². The molecule has 2 fully saturated rings. The summed E-state index contributed by atoms with van der Waals surface area (Å²) in [5.41, 5.74) is 0. The number of hydrogen-bond donors (Lipinski definition) is 0. The van der Waals surface area contributed by atoms with Crippen LogP contribution in [0.15, 0.2) is 18.2 Å². The standard InChI is InChI=1S/C12H22N2O2.C8H7FO2/c1-13-5-2-11(3-6-13)4-7-14-8-9-16-10-12(14)15;9-6-1-2-7-8(5-6)11-4-3-10-7/h11H,2-10H2,1H3;1-2,5H,3-4H2. The lowest BCUT2D eigenvalue weighted by Crippen LogP contribution is -2.43. The van der Waals surface area contributed by atoms with Crippen LogP contribution in [0.4, 0.5) is 4.39 Å². The van der Waals surface area contributed by atoms with Crippen LogP contribution in [0.3, 0.4) is 0 Å². The summed E-state index contributed by atoms with van der Waals surface area (Å²) in [6.45, 7) is 6.16. The van der Waals surface area contributed by atoms with Crippen molar-refractivity contribution in [2.75, 3.05) is 59.7 Å². The number of nitrogens with zero attached hydrogens (tertiary/aromatic N) is 2. The SMILES string of the molecule is CN1CCC(CCN2CCOCC2=O)CC1.Fc1ccc2c(c1)OCCO2. The first kappa shape index (κ1) is 19.9. The van der Waals surface area contributed by atoms with Gasteiger partial charge in [-0.3, -0.25) is 4.79 Å². The summed E-state index contributed by atoms with van der Waals surface area (Å²) < 4.78 is 28.0. The van der Waals surface area contributed by atoms with Gasteiger partial charge in [-0.15, -0.1) is 0 Å². The van der Waals surface area contributed by atoms with Crippen LogP contribution >= 0.6 is 0 Å². The smallest absolute Gasteiger partial charge is 0.248 e. The van der Waals surface area contributed by atoms with E-state index < -0.39 is 0 Å². The summed E-state index contributed by atoms with van der Waals surface area (Å²) in [7, 11) is 2.18. The Balaban J connectivity index is 0.000000166. The van der Waals surface area contributed by atoms with Gasteiger partial charge in [-0.1, -0.05) is 0 Å². The molecule has 1 aromatic rings. The fourth-order valence-electron chi connectivity index (χ4n) is 3.49. The fourth-order valence-corrected chi connectivity index (χ4v) is 3.49. The maximum absolute atomic E-state index is 12.6. The average Bonchev–Trinajstić information content (AvgIpc) is 2.69. The van der Waals surface area contributed by atoms with E-state index in [1.165, 1.54) is 44.5 Å². The van der Waals surface area contributed by atoms with E-state index in [9.17, 15) is 9.18 Å². The van der Waals surface area contributed by atoms with Gasteiger partial charge in [-0.2, -0.15) is 0 Å². The van der Waals surface area contributed by atoms with Crippen molar-refractivity contribution < 1.29 is 23.4 Å². The average molecular weight is 380 g/mol. The quantitative estimate of drug-likeness (QED) is 0.805. The molecule has 1 aromatic carbocycles. The van der Waals surface area contributed by atoms with Crippen molar-refractivity contribution in [2.24, 2.45) is 5.92 Å². The molecule has 3 aliphatic heterocycles. The first-order valence-corrected chi connectivity index (χ1v) is 9.71. The second-order valence-electron chi connectivity index (χ2n) is 7.26. The van der Waals surface area contributed by atoms with Crippen LogP contribution in [0.2, 0.25) is 0 Å². The largest absolute Gasteiger partial charge is 0.486 e. The van der Waals surface area contributed by atoms with E-state index in [0.29, 0.717) is 31.3 Å². The van der Waals surface area contributed by atoms with Crippen LogP contribution in [-0.4, -0.2) is 75.4 Å². The number of ether oxygens (including phenoxy) is 3. The van der Waals surface area contributed by atoms with Crippen molar-refractivity contribution in [1.29, 1.82) is 0 Å². The maximum atomic E-state index is 12.6. The zero-order valence-corrected chi connectivity index (χ0v) is 16.0. The normalized spacial score (nSPS) is 20.8. The number of amides is 1. The third kappa shape index (κ3) is 6.07. The van der Waals surface area contributed by atoms with Gasteiger partial charge < -0.3 is 24.0 Å². The molecule has 2 saturated heterocycles. The van der Waals surface area contributed by atoms with E-state index in [1.807, 2.05) is 4.90 Å². The van der Waals surface area contributed by atoms with E-state index in [2.05, 4.69) is 11.9 Å². The van der Waals surface area contributed by atoms with Gasteiger partial charge in [-0.25, -0.2) is 4.39 Å². The molecule has 3 heterocycles. The van der Waals surface area contributed by atoms with Gasteiger partial charge in [0.15, 0.2) is 11.5 Å². The summed E-state index contributed by atoms with van der Waals surface area (Å²) in [5.74, 6) is 1.80. The van der Waals surface area contributed by atoms with E-state index >= 15 is 0 Å². The lowest BCUT2D eigenvalue weighted by Gasteiger charge is -2.32. The molecule has 0 unspecified atom stereocenters. The molecule has 0 atom stereocenters. The predicted octanol–water partition coefficient (Wildman–Crippen LogP) is 2.17. The summed E-state index contributed by atoms with van der Waals surface area (Å²) in [4.78, 5) is 15.9. The Kier molecular flexibility index (Phi) is 7.29. The number of likely N-dealkylation sites (tertiary alicyclic amines) is 1. The molecule has 150 valence electrons. The Labute approximate surface area is 160 Å². The van der Waals surface area contributed by atoms with Gasteiger partial charge in [0.1, 0.15) is 25.6 Å². The number of rotatable bonds is 3. The highest BCUT2D eigenvalue weighted by atomic mass is 19.1. The molecule has 3 aliphatic rings. The zero-order chi connectivity index (χ0) is 19.1. The maximum Gasteiger partial charge on any atom is 0.248 e. The number of morpholine rings is 1. The van der Waals surface area contributed by atoms with Crippen molar-refractivity contribution in [3.63, 3.8) is 0 Å². The van der Waals surface area contributed by atoms with Crippen LogP contribution in [0.1, 0.15) is 19.3 Å². The Morgan fingerprint density at radius 1 is 1.07 bits per heavy atom. The molecule has 1 amide bonds. The minimum Gasteiger partial charge on any atom is -0.486 e. The molecule has 0 saturated carbocycles. The van der Waals surface area contributed by atoms with E-state index in [-0.39, 0.29) is 18.3 Å². The first-order valence-electron chi connectivity index (χ1n) is 9.71. The summed E-state index contributed by atoms with van der Waals surface area (Å²) in [6.07, 6.45) is 3.74. The monoisotopic (exact) mass is 380 g/mol. The van der Waals surface area contributed by atoms with Gasteiger partial charge >= 0.3 is 0 Å². The van der Waals surface area contributed by atoms with Crippen LogP contribution < -0.4 is 9.47 Å². The molecule has 7 heteroatoms. The first-order chi connectivity index (χ1) is 13.1. The van der Waals surface area contributed by atoms with Crippen molar-refractivity contribution >= 4 is 5.91 Å². The summed E-state index contributed by atoms with van der Waals surface area (Å²) in [6, 6.07) is 4.26. The van der Waals surface area contributed by atoms with E-state index in [1.54, 1.807) is 6.07 Å². The second kappa shape index (κ2) is 9.90. The fraction of sp³-hybridized carbons (Fsp3) is 0.650. The number of piperidine rings is 1. The van der Waals surface area contributed by atoms with Crippen molar-refractivity contribution in [1.82, 2.24) is 9.80 Å². The molecular weight excluding hydrogens is 351 g/mol. The van der Waals surface area contributed by atoms with Crippen LogP contribution in [0.25, 0.3) is 0 Å². The Morgan fingerprint density at radius 2 is 1.81 bits per heavy atom. The van der Waals surface area contributed by atoms with Crippen LogP contribution in [-0.2, 0) is 9.53 Å². The molecular formula is C20H29FN2O4. The van der Waals surface area contributed by atoms with Gasteiger partial charge in [0.2, 0.25) is 5.91 Å². The lowest BCUT2D eigenvalue weighted by molar-refractivity contribution is -0.142. The minimum atomic E-state index is -0.297. The van der Waals surface area contributed by atoms with E-state index in [0.717, 1.165) is 19.0 Å². The third-order valence-corrected chi connectivity index (χ3v) is 5.23. The zero-order valence-electron chi connectivity index (χ0n) is 16.0. The van der Waals surface area contributed by atoms with Crippen molar-refractivity contribution in [2.45, 2.75) is 19.3 Å². The van der Waals surface area contributed by atoms with E-state index in [4.69, 9.17) is 14.2 Å². The third-order valence-electron chi connectivity index (χ3n) is 5.23. The number of halogens is 1. The predicted molar refractivity (Wildman–Crippen MR) is 99.6 cm³/mol. The highest BCUT2D eigenvalue weighted by molar-refractivity contribution is 5.77. The Morgan fingerprint density at radius 3 is 2.56 bits per heavy atom. The molecule has 0 bridgehead atoms. The molecule has 0 aliphatic carbocycles. The molecule has 0 radical (unpaired) electrons. The molecule has 0 spiro atoms. The van der Waals surface area contributed by atoms with Crippen molar-refractivity contribution in [3.05, 3.63) is 24.0 Å².